The minimum Gasteiger partial charge on any atom is -0.478 e. The number of nitrogens with two attached hydrogens (primary N) is 1. The second kappa shape index (κ2) is 5.01. The van der Waals surface area contributed by atoms with E-state index < -0.39 is 5.97 Å². The maximum atomic E-state index is 11.9. The monoisotopic (exact) mass is 262 g/mol. The number of carboxylic acids is 1. The van der Waals surface area contributed by atoms with Crippen molar-refractivity contribution in [3.05, 3.63) is 29.3 Å². The van der Waals surface area contributed by atoms with Gasteiger partial charge in [-0.05, 0) is 43.9 Å². The zero-order chi connectivity index (χ0) is 14.0. The van der Waals surface area contributed by atoms with Gasteiger partial charge >= 0.3 is 5.97 Å². The maximum absolute atomic E-state index is 11.9. The molecule has 0 bridgehead atoms. The molecule has 19 heavy (non-hydrogen) atoms. The van der Waals surface area contributed by atoms with Gasteiger partial charge in [0.05, 0.1) is 5.56 Å². The lowest BCUT2D eigenvalue weighted by atomic mass is 9.75. The largest absolute Gasteiger partial charge is 0.478 e. The van der Waals surface area contributed by atoms with Crippen molar-refractivity contribution in [2.45, 2.75) is 38.1 Å². The van der Waals surface area contributed by atoms with E-state index in [9.17, 15) is 9.59 Å². The highest BCUT2D eigenvalue weighted by Crippen LogP contribution is 2.32. The van der Waals surface area contributed by atoms with Crippen LogP contribution in [0.5, 0.6) is 0 Å². The summed E-state index contributed by atoms with van der Waals surface area (Å²) in [6.07, 6.45) is 3.09. The van der Waals surface area contributed by atoms with Gasteiger partial charge in [0.15, 0.2) is 0 Å². The number of benzene rings is 1. The lowest BCUT2D eigenvalue weighted by Crippen LogP contribution is -2.48. The number of anilines is 1. The third kappa shape index (κ3) is 2.93. The molecule has 4 N–H and O–H groups in total. The van der Waals surface area contributed by atoms with Crippen LogP contribution in [-0.2, 0) is 4.79 Å². The van der Waals surface area contributed by atoms with Gasteiger partial charge in [0.1, 0.15) is 0 Å². The van der Waals surface area contributed by atoms with Crippen molar-refractivity contribution in [3.8, 4) is 0 Å². The Morgan fingerprint density at radius 3 is 2.63 bits per heavy atom. The lowest BCUT2D eigenvalue weighted by molar-refractivity contribution is -0.118. The molecule has 1 fully saturated rings. The second-order valence-corrected chi connectivity index (χ2v) is 5.22. The van der Waals surface area contributed by atoms with Crippen LogP contribution in [0, 0.1) is 6.92 Å². The van der Waals surface area contributed by atoms with Crippen LogP contribution >= 0.6 is 0 Å². The molecule has 5 nitrogen and oxygen atoms in total. The van der Waals surface area contributed by atoms with E-state index in [1.165, 1.54) is 6.07 Å². The highest BCUT2D eigenvalue weighted by atomic mass is 16.4. The predicted octanol–water partition coefficient (Wildman–Crippen LogP) is 1.90. The molecule has 1 saturated carbocycles. The third-order valence-electron chi connectivity index (χ3n) is 3.70. The van der Waals surface area contributed by atoms with Crippen LogP contribution in [0.2, 0.25) is 0 Å². The molecule has 1 aliphatic carbocycles. The van der Waals surface area contributed by atoms with Gasteiger partial charge in [-0.1, -0.05) is 6.07 Å². The average molecular weight is 262 g/mol. The van der Waals surface area contributed by atoms with E-state index in [2.05, 4.69) is 5.32 Å². The molecule has 0 spiro atoms. The third-order valence-corrected chi connectivity index (χ3v) is 3.70. The van der Waals surface area contributed by atoms with Gasteiger partial charge < -0.3 is 16.2 Å². The van der Waals surface area contributed by atoms with E-state index in [0.29, 0.717) is 11.3 Å². The first-order valence-corrected chi connectivity index (χ1v) is 6.33. The number of aromatic carboxylic acids is 1. The zero-order valence-corrected chi connectivity index (χ0v) is 10.9. The minimum absolute atomic E-state index is 0.159. The van der Waals surface area contributed by atoms with E-state index in [0.717, 1.165) is 19.3 Å². The fraction of sp³-hybridized carbons (Fsp3) is 0.429. The Bertz CT molecular complexity index is 521. The smallest absolute Gasteiger partial charge is 0.336 e. The lowest BCUT2D eigenvalue weighted by Gasteiger charge is -2.37. The van der Waals surface area contributed by atoms with Crippen LogP contribution in [-0.4, -0.2) is 22.5 Å². The molecule has 0 radical (unpaired) electrons. The Kier molecular flexibility index (Phi) is 3.57. The summed E-state index contributed by atoms with van der Waals surface area (Å²) >= 11 is 0. The van der Waals surface area contributed by atoms with Crippen molar-refractivity contribution in [2.24, 2.45) is 5.73 Å². The van der Waals surface area contributed by atoms with Gasteiger partial charge in [-0.2, -0.15) is 0 Å². The zero-order valence-electron chi connectivity index (χ0n) is 10.9. The first-order valence-electron chi connectivity index (χ1n) is 6.33. The van der Waals surface area contributed by atoms with Gasteiger partial charge in [0.2, 0.25) is 5.91 Å². The van der Waals surface area contributed by atoms with Gasteiger partial charge in [-0.3, -0.25) is 4.79 Å². The Morgan fingerprint density at radius 2 is 2.11 bits per heavy atom. The number of carboxylic acid groups (broad SMARTS) is 1. The summed E-state index contributed by atoms with van der Waals surface area (Å²) in [7, 11) is 0. The van der Waals surface area contributed by atoms with Gasteiger partial charge in [0.25, 0.3) is 0 Å². The summed E-state index contributed by atoms with van der Waals surface area (Å²) in [4.78, 5) is 22.9. The SMILES string of the molecule is Cc1c(NC(=O)CC2(N)CCC2)cccc1C(=O)O. The van der Waals surface area contributed by atoms with Gasteiger partial charge in [-0.15, -0.1) is 0 Å². The summed E-state index contributed by atoms with van der Waals surface area (Å²) < 4.78 is 0. The second-order valence-electron chi connectivity index (χ2n) is 5.22. The molecule has 2 rings (SSSR count). The molecular formula is C14H18N2O3. The molecule has 0 atom stereocenters. The standard InChI is InChI=1S/C14H18N2O3/c1-9-10(13(18)19)4-2-5-11(9)16-12(17)8-14(15)6-3-7-14/h2,4-5H,3,6-8,15H2,1H3,(H,16,17)(H,18,19). The predicted molar refractivity (Wildman–Crippen MR) is 72.2 cm³/mol. The molecule has 0 aromatic heterocycles. The Balaban J connectivity index is 2.08. The molecule has 0 heterocycles. The van der Waals surface area contributed by atoms with Crippen LogP contribution in [0.3, 0.4) is 0 Å². The first kappa shape index (κ1) is 13.5. The summed E-state index contributed by atoms with van der Waals surface area (Å²) in [5, 5.41) is 11.8. The molecule has 5 heteroatoms. The topological polar surface area (TPSA) is 92.4 Å². The summed E-state index contributed by atoms with van der Waals surface area (Å²) in [5.74, 6) is -1.16. The van der Waals surface area contributed by atoms with E-state index in [1.54, 1.807) is 19.1 Å². The van der Waals surface area contributed by atoms with Crippen LogP contribution in [0.4, 0.5) is 5.69 Å². The number of hydrogen-bond donors (Lipinski definition) is 3. The number of carbonyl (C=O) groups is 2. The van der Waals surface area contributed by atoms with E-state index in [4.69, 9.17) is 10.8 Å². The van der Waals surface area contributed by atoms with E-state index in [-0.39, 0.29) is 23.4 Å². The molecule has 0 unspecified atom stereocenters. The van der Waals surface area contributed by atoms with E-state index in [1.807, 2.05) is 0 Å². The molecule has 0 saturated heterocycles. The Labute approximate surface area is 111 Å². The maximum Gasteiger partial charge on any atom is 0.336 e. The highest BCUT2D eigenvalue weighted by molar-refractivity contribution is 5.96. The van der Waals surface area contributed by atoms with Crippen molar-refractivity contribution in [3.63, 3.8) is 0 Å². The Hall–Kier alpha value is -1.88. The number of hydrogen-bond acceptors (Lipinski definition) is 3. The van der Waals surface area contributed by atoms with Crippen LogP contribution in [0.15, 0.2) is 18.2 Å². The van der Waals surface area contributed by atoms with Gasteiger partial charge in [-0.25, -0.2) is 4.79 Å². The van der Waals surface area contributed by atoms with Gasteiger partial charge in [0, 0.05) is 17.6 Å². The fourth-order valence-corrected chi connectivity index (χ4v) is 2.32. The van der Waals surface area contributed by atoms with Crippen LogP contribution < -0.4 is 11.1 Å². The minimum atomic E-state index is -0.997. The van der Waals surface area contributed by atoms with Crippen molar-refractivity contribution in [2.75, 3.05) is 5.32 Å². The Morgan fingerprint density at radius 1 is 1.42 bits per heavy atom. The van der Waals surface area contributed by atoms with Crippen LogP contribution in [0.1, 0.15) is 41.6 Å². The molecule has 1 aliphatic rings. The number of carbonyl (C=O) groups excluding carboxylic acids is 1. The van der Waals surface area contributed by atoms with Crippen LogP contribution in [0.25, 0.3) is 0 Å². The van der Waals surface area contributed by atoms with Crippen molar-refractivity contribution < 1.29 is 14.7 Å². The van der Waals surface area contributed by atoms with Crippen molar-refractivity contribution in [1.82, 2.24) is 0 Å². The quantitative estimate of drug-likeness (QED) is 0.772. The molecule has 102 valence electrons. The average Bonchev–Trinajstić information content (AvgIpc) is 2.29. The number of nitrogens with one attached hydrogen (secondary N) is 1. The number of amides is 1. The fourth-order valence-electron chi connectivity index (χ4n) is 2.32. The molecule has 1 aromatic rings. The summed E-state index contributed by atoms with van der Waals surface area (Å²) in [6.45, 7) is 1.68. The van der Waals surface area contributed by atoms with E-state index >= 15 is 0 Å². The number of rotatable bonds is 4. The summed E-state index contributed by atoms with van der Waals surface area (Å²) in [6, 6.07) is 4.83. The molecule has 0 aliphatic heterocycles. The molecule has 1 aromatic carbocycles. The molecule has 1 amide bonds. The van der Waals surface area contributed by atoms with Crippen molar-refractivity contribution >= 4 is 17.6 Å². The summed E-state index contributed by atoms with van der Waals surface area (Å²) in [5.41, 5.74) is 6.94. The van der Waals surface area contributed by atoms with Crippen molar-refractivity contribution in [1.29, 1.82) is 0 Å². The first-order chi connectivity index (χ1) is 8.91. The highest BCUT2D eigenvalue weighted by Gasteiger charge is 2.34. The normalized spacial score (nSPS) is 16.5. The molecular weight excluding hydrogens is 244 g/mol.